The van der Waals surface area contributed by atoms with E-state index in [-0.39, 0.29) is 17.5 Å². The fourth-order valence-corrected chi connectivity index (χ4v) is 4.16. The molecule has 0 spiro atoms. The van der Waals surface area contributed by atoms with Crippen LogP contribution < -0.4 is 15.7 Å². The highest BCUT2D eigenvalue weighted by Crippen LogP contribution is 2.48. The number of anilines is 2. The topological polar surface area (TPSA) is 135 Å². The van der Waals surface area contributed by atoms with E-state index in [0.717, 1.165) is 29.7 Å². The van der Waals surface area contributed by atoms with Gasteiger partial charge in [0.2, 0.25) is 0 Å². The predicted octanol–water partition coefficient (Wildman–Crippen LogP) is 2.13. The van der Waals surface area contributed by atoms with E-state index >= 15 is 0 Å². The molecule has 9 nitrogen and oxygen atoms in total. The second-order valence-corrected chi connectivity index (χ2v) is 8.15. The van der Waals surface area contributed by atoms with Gasteiger partial charge in [0.1, 0.15) is 11.3 Å². The molecule has 0 radical (unpaired) electrons. The zero-order valence-electron chi connectivity index (χ0n) is 16.8. The summed E-state index contributed by atoms with van der Waals surface area (Å²) < 4.78 is 12.8. The quantitative estimate of drug-likeness (QED) is 0.632. The van der Waals surface area contributed by atoms with E-state index in [1.165, 1.54) is 0 Å². The number of fused-ring (bicyclic) bond motifs is 1. The molecule has 3 heterocycles. The summed E-state index contributed by atoms with van der Waals surface area (Å²) in [7, 11) is -0.952. The van der Waals surface area contributed by atoms with Gasteiger partial charge in [-0.25, -0.2) is 0 Å². The van der Waals surface area contributed by atoms with Gasteiger partial charge in [0, 0.05) is 24.1 Å². The molecule has 1 unspecified atom stereocenters. The molecule has 158 valence electrons. The average molecular weight is 419 g/mol. The summed E-state index contributed by atoms with van der Waals surface area (Å²) in [5, 5.41) is 27.1. The van der Waals surface area contributed by atoms with Crippen LogP contribution in [0.3, 0.4) is 0 Å². The normalized spacial score (nSPS) is 22.4. The minimum Gasteiger partial charge on any atom is -0.532 e. The van der Waals surface area contributed by atoms with Gasteiger partial charge in [0.25, 0.3) is 5.91 Å². The Balaban J connectivity index is 1.50. The van der Waals surface area contributed by atoms with E-state index in [2.05, 4.69) is 16.5 Å². The first-order valence-electron chi connectivity index (χ1n) is 10.4. The van der Waals surface area contributed by atoms with Crippen molar-refractivity contribution >= 4 is 30.6 Å². The smallest absolute Gasteiger partial charge is 0.532 e. The molecule has 2 aliphatic heterocycles. The van der Waals surface area contributed by atoms with Gasteiger partial charge in [-0.05, 0) is 48.9 Å². The zero-order valence-corrected chi connectivity index (χ0v) is 16.8. The highest BCUT2D eigenvalue weighted by Gasteiger charge is 2.32. The van der Waals surface area contributed by atoms with Crippen molar-refractivity contribution in [2.75, 3.05) is 18.5 Å². The van der Waals surface area contributed by atoms with Crippen LogP contribution in [0.2, 0.25) is 0 Å². The molecule has 2 aromatic rings. The standard InChI is InChI=1S/C21H22BN5O4/c23-9-14-4-6-30-11-18(14)27-10-17(20(24)28)21(26-27)25-15-7-13-3-5-22(29)31-19(13)16(8-15)12-1-2-12/h3,5,7-8,10,12,14,18,29H,1-2,4,6,11H2,(H2,24,28)(H,25,26)/t14-,18?/m1/s1. The number of nitrogens with zero attached hydrogens (tertiary/aromatic N) is 3. The third-order valence-corrected chi connectivity index (χ3v) is 5.93. The van der Waals surface area contributed by atoms with Crippen LogP contribution in [0, 0.1) is 17.2 Å². The van der Waals surface area contributed by atoms with E-state index in [9.17, 15) is 15.1 Å². The fourth-order valence-electron chi connectivity index (χ4n) is 4.16. The van der Waals surface area contributed by atoms with Crippen molar-refractivity contribution in [1.29, 1.82) is 5.26 Å². The van der Waals surface area contributed by atoms with Crippen LogP contribution in [0.5, 0.6) is 5.75 Å². The maximum absolute atomic E-state index is 12.1. The predicted molar refractivity (Wildman–Crippen MR) is 114 cm³/mol. The largest absolute Gasteiger partial charge is 0.552 e. The Bertz CT molecular complexity index is 1100. The lowest BCUT2D eigenvalue weighted by molar-refractivity contribution is 0.0342. The van der Waals surface area contributed by atoms with Crippen molar-refractivity contribution < 1.29 is 19.2 Å². The number of nitrogens with two attached hydrogens (primary N) is 1. The Kier molecular flexibility index (Phi) is 4.92. The number of amides is 1. The van der Waals surface area contributed by atoms with Gasteiger partial charge in [-0.3, -0.25) is 9.48 Å². The van der Waals surface area contributed by atoms with Gasteiger partial charge < -0.3 is 25.5 Å². The molecule has 1 amide bonds. The number of primary amides is 1. The molecular weight excluding hydrogens is 397 g/mol. The number of ether oxygens (including phenoxy) is 1. The van der Waals surface area contributed by atoms with Crippen molar-refractivity contribution in [2.45, 2.75) is 31.2 Å². The van der Waals surface area contributed by atoms with Crippen LogP contribution in [-0.4, -0.2) is 41.0 Å². The second-order valence-electron chi connectivity index (χ2n) is 8.15. The lowest BCUT2D eigenvalue weighted by Crippen LogP contribution is -2.29. The third kappa shape index (κ3) is 3.78. The molecule has 2 fully saturated rings. The number of carbonyl (C=O) groups is 1. The van der Waals surface area contributed by atoms with Crippen molar-refractivity contribution in [1.82, 2.24) is 9.78 Å². The maximum Gasteiger partial charge on any atom is 0.552 e. The highest BCUT2D eigenvalue weighted by molar-refractivity contribution is 6.51. The molecule has 10 heteroatoms. The van der Waals surface area contributed by atoms with Crippen LogP contribution in [0.1, 0.15) is 52.7 Å². The number of carbonyl (C=O) groups excluding carboxylic acids is 1. The van der Waals surface area contributed by atoms with Crippen molar-refractivity contribution in [2.24, 2.45) is 11.7 Å². The van der Waals surface area contributed by atoms with Crippen LogP contribution in [0.4, 0.5) is 11.5 Å². The summed E-state index contributed by atoms with van der Waals surface area (Å²) >= 11 is 0. The Labute approximate surface area is 179 Å². The Morgan fingerprint density at radius 2 is 2.23 bits per heavy atom. The second kappa shape index (κ2) is 7.76. The molecule has 1 aliphatic carbocycles. The number of benzene rings is 1. The molecule has 2 atom stereocenters. The van der Waals surface area contributed by atoms with E-state index < -0.39 is 13.0 Å². The summed E-state index contributed by atoms with van der Waals surface area (Å²) in [5.74, 6) is 2.14. The fraction of sp³-hybridized carbons (Fsp3) is 0.381. The summed E-state index contributed by atoms with van der Waals surface area (Å²) in [4.78, 5) is 12.1. The van der Waals surface area contributed by atoms with Crippen molar-refractivity contribution in [3.63, 3.8) is 0 Å². The Morgan fingerprint density at radius 3 is 2.97 bits per heavy atom. The molecule has 3 aliphatic rings. The molecule has 31 heavy (non-hydrogen) atoms. The number of hydrogen-bond donors (Lipinski definition) is 3. The average Bonchev–Trinajstić information content (AvgIpc) is 3.53. The number of nitrogens with one attached hydrogen (secondary N) is 1. The Morgan fingerprint density at radius 1 is 1.39 bits per heavy atom. The SMILES string of the molecule is N#C[C@H]1CCOCC1n1cc(C(N)=O)c(Nc2cc3c(c(C4CC4)c2)OB(O)C=C3)n1. The van der Waals surface area contributed by atoms with E-state index in [0.29, 0.717) is 37.1 Å². The lowest BCUT2D eigenvalue weighted by Gasteiger charge is -2.27. The van der Waals surface area contributed by atoms with E-state index in [1.807, 2.05) is 18.2 Å². The van der Waals surface area contributed by atoms with Gasteiger partial charge in [-0.15, -0.1) is 0 Å². The van der Waals surface area contributed by atoms with Crippen LogP contribution >= 0.6 is 0 Å². The number of rotatable bonds is 5. The number of hydrogen-bond acceptors (Lipinski definition) is 7. The molecule has 1 aromatic carbocycles. The minimum atomic E-state index is -0.952. The third-order valence-electron chi connectivity index (χ3n) is 5.93. The van der Waals surface area contributed by atoms with Gasteiger partial charge in [-0.1, -0.05) is 6.08 Å². The van der Waals surface area contributed by atoms with Crippen LogP contribution in [-0.2, 0) is 4.74 Å². The highest BCUT2D eigenvalue weighted by atomic mass is 16.5. The molecular formula is C21H22BN5O4. The molecule has 1 aromatic heterocycles. The molecule has 5 rings (SSSR count). The first-order valence-corrected chi connectivity index (χ1v) is 10.4. The van der Waals surface area contributed by atoms with Crippen LogP contribution in [0.15, 0.2) is 24.3 Å². The monoisotopic (exact) mass is 419 g/mol. The van der Waals surface area contributed by atoms with Gasteiger partial charge in [0.05, 0.1) is 24.6 Å². The van der Waals surface area contributed by atoms with Crippen molar-refractivity contribution in [3.05, 3.63) is 41.0 Å². The summed E-state index contributed by atoms with van der Waals surface area (Å²) in [5.41, 5.74) is 8.47. The van der Waals surface area contributed by atoms with Gasteiger partial charge >= 0.3 is 7.12 Å². The van der Waals surface area contributed by atoms with Crippen molar-refractivity contribution in [3.8, 4) is 11.8 Å². The van der Waals surface area contributed by atoms with Gasteiger partial charge in [0.15, 0.2) is 5.82 Å². The maximum atomic E-state index is 12.1. The first kappa shape index (κ1) is 19.7. The summed E-state index contributed by atoms with van der Waals surface area (Å²) in [6.45, 7) is 0.889. The van der Waals surface area contributed by atoms with Gasteiger partial charge in [-0.2, -0.15) is 10.4 Å². The Hall–Kier alpha value is -3.29. The zero-order chi connectivity index (χ0) is 21.5. The summed E-state index contributed by atoms with van der Waals surface area (Å²) in [6, 6.07) is 5.87. The lowest BCUT2D eigenvalue weighted by atomic mass is 9.85. The molecule has 0 bridgehead atoms. The number of aromatic nitrogens is 2. The summed E-state index contributed by atoms with van der Waals surface area (Å²) in [6.07, 6.45) is 6.15. The van der Waals surface area contributed by atoms with E-state index in [1.54, 1.807) is 16.9 Å². The minimum absolute atomic E-state index is 0.246. The van der Waals surface area contributed by atoms with Crippen LogP contribution in [0.25, 0.3) is 6.08 Å². The molecule has 1 saturated heterocycles. The van der Waals surface area contributed by atoms with E-state index in [4.69, 9.17) is 15.1 Å². The number of nitriles is 1. The first-order chi connectivity index (χ1) is 15.0. The molecule has 4 N–H and O–H groups in total. The molecule has 1 saturated carbocycles.